The molecule has 0 fully saturated rings. The third-order valence-electron chi connectivity index (χ3n) is 4.56. The zero-order valence-electron chi connectivity index (χ0n) is 20.0. The maximum Gasteiger partial charge on any atom is 0.348 e. The summed E-state index contributed by atoms with van der Waals surface area (Å²) < 4.78 is 10.2. The van der Waals surface area contributed by atoms with Crippen LogP contribution in [0.4, 0.5) is 5.00 Å². The smallest absolute Gasteiger partial charge is 0.348 e. The number of hydrogen-bond acceptors (Lipinski definition) is 9. The molecule has 0 aromatic carbocycles. The number of hydrogen-bond donors (Lipinski definition) is 1. The van der Waals surface area contributed by atoms with Crippen LogP contribution in [0, 0.1) is 24.2 Å². The number of aromatic nitrogens is 1. The average molecular weight is 504 g/mol. The van der Waals surface area contributed by atoms with Crippen molar-refractivity contribution >= 4 is 45.9 Å². The summed E-state index contributed by atoms with van der Waals surface area (Å²) >= 11 is 2.32. The van der Waals surface area contributed by atoms with Crippen LogP contribution in [-0.2, 0) is 20.7 Å². The van der Waals surface area contributed by atoms with E-state index in [2.05, 4.69) is 30.2 Å². The van der Waals surface area contributed by atoms with Crippen molar-refractivity contribution in [1.82, 2.24) is 4.98 Å². The van der Waals surface area contributed by atoms with Crippen molar-refractivity contribution in [3.63, 3.8) is 0 Å². The van der Waals surface area contributed by atoms with Gasteiger partial charge in [-0.25, -0.2) is 14.6 Å². The first-order chi connectivity index (χ1) is 16.2. The van der Waals surface area contributed by atoms with E-state index in [1.807, 2.05) is 6.07 Å². The highest BCUT2D eigenvalue weighted by Gasteiger charge is 2.27. The van der Waals surface area contributed by atoms with Gasteiger partial charge in [0.05, 0.1) is 24.3 Å². The molecular formula is C24H29N3O5S2. The summed E-state index contributed by atoms with van der Waals surface area (Å²) in [6.07, 6.45) is 0.927. The van der Waals surface area contributed by atoms with E-state index < -0.39 is 11.9 Å². The lowest BCUT2D eigenvalue weighted by atomic mass is 10.1. The lowest BCUT2D eigenvalue weighted by Crippen LogP contribution is -2.15. The molecule has 8 nitrogen and oxygen atoms in total. The molecule has 0 aliphatic rings. The van der Waals surface area contributed by atoms with Crippen LogP contribution < -0.4 is 5.32 Å². The SMILES string of the molecule is CCOC(=O)c1sc(NC(=O)CCSc2nc(CC(C)C)ccc2C#N)c(C(=O)OCC)c1C. The number of carbonyl (C=O) groups is 3. The zero-order valence-corrected chi connectivity index (χ0v) is 21.7. The summed E-state index contributed by atoms with van der Waals surface area (Å²) in [6, 6.07) is 5.75. The molecule has 0 spiro atoms. The van der Waals surface area contributed by atoms with Crippen molar-refractivity contribution in [1.29, 1.82) is 5.26 Å². The number of amides is 1. The number of anilines is 1. The Morgan fingerprint density at radius 2 is 1.85 bits per heavy atom. The standard InChI is InChI=1S/C24H29N3O5S2/c1-6-31-23(29)19-15(5)20(24(30)32-7-2)34-22(19)27-18(28)10-11-33-21-16(13-25)8-9-17(26-21)12-14(3)4/h8-9,14H,6-7,10-12H2,1-5H3,(H,27,28). The second kappa shape index (κ2) is 13.1. The second-order valence-electron chi connectivity index (χ2n) is 7.71. The van der Waals surface area contributed by atoms with E-state index >= 15 is 0 Å². The van der Waals surface area contributed by atoms with Gasteiger partial charge in [-0.3, -0.25) is 4.79 Å². The van der Waals surface area contributed by atoms with Crippen LogP contribution in [0.2, 0.25) is 0 Å². The van der Waals surface area contributed by atoms with E-state index in [-0.39, 0.29) is 41.0 Å². The van der Waals surface area contributed by atoms with Crippen LogP contribution in [0.15, 0.2) is 17.2 Å². The van der Waals surface area contributed by atoms with Gasteiger partial charge in [0.2, 0.25) is 5.91 Å². The number of thioether (sulfide) groups is 1. The number of carbonyl (C=O) groups excluding carboxylic acids is 3. The fourth-order valence-electron chi connectivity index (χ4n) is 3.08. The lowest BCUT2D eigenvalue weighted by molar-refractivity contribution is -0.115. The van der Waals surface area contributed by atoms with Crippen molar-refractivity contribution in [2.24, 2.45) is 5.92 Å². The minimum absolute atomic E-state index is 0.125. The number of ether oxygens (including phenoxy) is 2. The fraction of sp³-hybridized carbons (Fsp3) is 0.458. The topological polar surface area (TPSA) is 118 Å². The van der Waals surface area contributed by atoms with Crippen LogP contribution >= 0.6 is 23.1 Å². The third kappa shape index (κ3) is 7.30. The van der Waals surface area contributed by atoms with Gasteiger partial charge in [0.15, 0.2) is 0 Å². The molecule has 34 heavy (non-hydrogen) atoms. The monoisotopic (exact) mass is 503 g/mol. The maximum absolute atomic E-state index is 12.6. The van der Waals surface area contributed by atoms with Gasteiger partial charge >= 0.3 is 11.9 Å². The van der Waals surface area contributed by atoms with Crippen LogP contribution in [0.3, 0.4) is 0 Å². The molecule has 0 saturated heterocycles. The highest BCUT2D eigenvalue weighted by molar-refractivity contribution is 7.99. The van der Waals surface area contributed by atoms with Gasteiger partial charge in [-0.05, 0) is 50.8 Å². The van der Waals surface area contributed by atoms with E-state index in [4.69, 9.17) is 9.47 Å². The van der Waals surface area contributed by atoms with Gasteiger partial charge in [0, 0.05) is 17.9 Å². The van der Waals surface area contributed by atoms with Crippen molar-refractivity contribution in [3.05, 3.63) is 39.4 Å². The van der Waals surface area contributed by atoms with Crippen molar-refractivity contribution in [2.75, 3.05) is 24.3 Å². The van der Waals surface area contributed by atoms with E-state index in [1.165, 1.54) is 11.8 Å². The first-order valence-corrected chi connectivity index (χ1v) is 12.8. The van der Waals surface area contributed by atoms with E-state index in [0.29, 0.717) is 27.8 Å². The number of rotatable bonds is 11. The average Bonchev–Trinajstić information content (AvgIpc) is 3.09. The first-order valence-electron chi connectivity index (χ1n) is 11.0. The molecule has 1 amide bonds. The molecule has 182 valence electrons. The van der Waals surface area contributed by atoms with Crippen molar-refractivity contribution in [3.8, 4) is 6.07 Å². The highest BCUT2D eigenvalue weighted by Crippen LogP contribution is 2.34. The molecule has 2 aromatic rings. The molecule has 0 atom stereocenters. The van der Waals surface area contributed by atoms with Gasteiger partial charge < -0.3 is 14.8 Å². The Kier molecular flexibility index (Phi) is 10.5. The number of nitriles is 1. The van der Waals surface area contributed by atoms with Crippen LogP contribution in [0.1, 0.15) is 71.0 Å². The van der Waals surface area contributed by atoms with Crippen LogP contribution in [0.5, 0.6) is 0 Å². The van der Waals surface area contributed by atoms with E-state index in [0.717, 1.165) is 23.5 Å². The summed E-state index contributed by atoms with van der Waals surface area (Å²) in [5.74, 6) is -0.662. The Balaban J connectivity index is 2.13. The maximum atomic E-state index is 12.6. The molecule has 2 aromatic heterocycles. The van der Waals surface area contributed by atoms with Crippen molar-refractivity contribution < 1.29 is 23.9 Å². The quantitative estimate of drug-likeness (QED) is 0.336. The van der Waals surface area contributed by atoms with Crippen LogP contribution in [0.25, 0.3) is 0 Å². The lowest BCUT2D eigenvalue weighted by Gasteiger charge is -2.09. The molecule has 0 radical (unpaired) electrons. The zero-order chi connectivity index (χ0) is 25.3. The largest absolute Gasteiger partial charge is 0.462 e. The predicted octanol–water partition coefficient (Wildman–Crippen LogP) is 5.00. The molecule has 0 bridgehead atoms. The number of pyridine rings is 1. The van der Waals surface area contributed by atoms with Crippen LogP contribution in [-0.4, -0.2) is 41.8 Å². The Morgan fingerprint density at radius 3 is 2.47 bits per heavy atom. The number of thiophene rings is 1. The van der Waals surface area contributed by atoms with Gasteiger partial charge in [0.25, 0.3) is 0 Å². The minimum Gasteiger partial charge on any atom is -0.462 e. The van der Waals surface area contributed by atoms with Gasteiger partial charge in [0.1, 0.15) is 21.0 Å². The number of nitrogens with one attached hydrogen (secondary N) is 1. The first kappa shape index (κ1) is 27.3. The molecule has 1 N–H and O–H groups in total. The minimum atomic E-state index is -0.610. The molecule has 10 heteroatoms. The van der Waals surface area contributed by atoms with Crippen molar-refractivity contribution in [2.45, 2.75) is 52.5 Å². The summed E-state index contributed by atoms with van der Waals surface area (Å²) in [4.78, 5) is 42.2. The summed E-state index contributed by atoms with van der Waals surface area (Å²) in [7, 11) is 0. The molecule has 2 rings (SSSR count). The molecule has 0 unspecified atom stereocenters. The third-order valence-corrected chi connectivity index (χ3v) is 6.74. The number of nitrogens with zero attached hydrogens (tertiary/aromatic N) is 2. The summed E-state index contributed by atoms with van der Waals surface area (Å²) in [5, 5.41) is 13.0. The molecule has 0 aliphatic carbocycles. The van der Waals surface area contributed by atoms with Gasteiger partial charge in [-0.1, -0.05) is 13.8 Å². The fourth-order valence-corrected chi connectivity index (χ4v) is 5.11. The predicted molar refractivity (Wildman–Crippen MR) is 132 cm³/mol. The molecule has 0 aliphatic heterocycles. The van der Waals surface area contributed by atoms with Gasteiger partial charge in [-0.2, -0.15) is 5.26 Å². The Labute approximate surface area is 208 Å². The number of esters is 2. The second-order valence-corrected chi connectivity index (χ2v) is 9.82. The summed E-state index contributed by atoms with van der Waals surface area (Å²) in [5.41, 5.74) is 1.94. The normalized spacial score (nSPS) is 10.6. The highest BCUT2D eigenvalue weighted by atomic mass is 32.2. The molecule has 2 heterocycles. The Hall–Kier alpha value is -2.90. The van der Waals surface area contributed by atoms with E-state index in [9.17, 15) is 19.6 Å². The Bertz CT molecular complexity index is 1090. The molecule has 0 saturated carbocycles. The van der Waals surface area contributed by atoms with Gasteiger partial charge in [-0.15, -0.1) is 23.1 Å². The Morgan fingerprint density at radius 1 is 1.18 bits per heavy atom. The molecular weight excluding hydrogens is 474 g/mol. The summed E-state index contributed by atoms with van der Waals surface area (Å²) in [6.45, 7) is 9.56. The van der Waals surface area contributed by atoms with E-state index in [1.54, 1.807) is 26.8 Å².